The molecule has 1 N–H and O–H groups in total. The van der Waals surface area contributed by atoms with Crippen molar-refractivity contribution in [2.45, 2.75) is 51.6 Å². The van der Waals surface area contributed by atoms with Gasteiger partial charge in [-0.15, -0.1) is 0 Å². The molecule has 0 amide bonds. The summed E-state index contributed by atoms with van der Waals surface area (Å²) < 4.78 is 16.2. The number of allylic oxidation sites excluding steroid dienone is 2. The summed E-state index contributed by atoms with van der Waals surface area (Å²) in [6, 6.07) is 0. The van der Waals surface area contributed by atoms with Crippen molar-refractivity contribution in [1.29, 1.82) is 0 Å². The molecule has 140 valence electrons. The summed E-state index contributed by atoms with van der Waals surface area (Å²) >= 11 is 0. The number of aliphatic hydroxyl groups is 1. The lowest BCUT2D eigenvalue weighted by Crippen LogP contribution is -2.34. The van der Waals surface area contributed by atoms with Crippen LogP contribution in [0.2, 0.25) is 0 Å². The molecule has 0 aromatic heterocycles. The van der Waals surface area contributed by atoms with Crippen molar-refractivity contribution < 1.29 is 28.9 Å². The highest BCUT2D eigenvalue weighted by atomic mass is 16.6. The minimum atomic E-state index is -1.09. The monoisotopic (exact) mass is 360 g/mol. The topological polar surface area (TPSA) is 82.1 Å². The largest absolute Gasteiger partial charge is 0.458 e. The average molecular weight is 360 g/mol. The van der Waals surface area contributed by atoms with E-state index in [4.69, 9.17) is 14.2 Å². The predicted molar refractivity (Wildman–Crippen MR) is 93.8 cm³/mol. The lowest BCUT2D eigenvalue weighted by molar-refractivity contribution is -0.147. The van der Waals surface area contributed by atoms with Crippen LogP contribution in [0.3, 0.4) is 0 Å². The van der Waals surface area contributed by atoms with Gasteiger partial charge in [0.25, 0.3) is 0 Å². The third kappa shape index (κ3) is 3.97. The molecule has 0 spiro atoms. The zero-order valence-electron chi connectivity index (χ0n) is 15.1. The van der Waals surface area contributed by atoms with Crippen LogP contribution in [0.25, 0.3) is 0 Å². The molecule has 6 heteroatoms. The molecule has 3 aliphatic rings. The van der Waals surface area contributed by atoms with E-state index >= 15 is 0 Å². The van der Waals surface area contributed by atoms with Crippen molar-refractivity contribution in [3.05, 3.63) is 47.1 Å². The number of hydrogen-bond acceptors (Lipinski definition) is 6. The molecule has 0 saturated carbocycles. The van der Waals surface area contributed by atoms with Gasteiger partial charge in [0.15, 0.2) is 6.29 Å². The van der Waals surface area contributed by atoms with Crippen LogP contribution in [0.1, 0.15) is 33.1 Å². The number of aliphatic hydroxyl groups excluding tert-OH is 1. The third-order valence-electron chi connectivity index (χ3n) is 4.94. The number of carbonyl (C=O) groups excluding carboxylic acids is 2. The molecule has 6 nitrogen and oxygen atoms in total. The zero-order valence-corrected chi connectivity index (χ0v) is 15.1. The van der Waals surface area contributed by atoms with Crippen molar-refractivity contribution in [3.63, 3.8) is 0 Å². The van der Waals surface area contributed by atoms with Gasteiger partial charge in [-0.1, -0.05) is 23.8 Å². The van der Waals surface area contributed by atoms with Crippen molar-refractivity contribution >= 4 is 11.9 Å². The first-order valence-electron chi connectivity index (χ1n) is 8.79. The lowest BCUT2D eigenvalue weighted by atomic mass is 9.85. The van der Waals surface area contributed by atoms with Crippen LogP contribution in [-0.4, -0.2) is 42.1 Å². The Labute approximate surface area is 152 Å². The van der Waals surface area contributed by atoms with Gasteiger partial charge in [0.2, 0.25) is 0 Å². The van der Waals surface area contributed by atoms with Gasteiger partial charge in [0.1, 0.15) is 12.2 Å². The molecule has 26 heavy (non-hydrogen) atoms. The fourth-order valence-electron chi connectivity index (χ4n) is 3.52. The second-order valence-corrected chi connectivity index (χ2v) is 7.06. The minimum Gasteiger partial charge on any atom is -0.458 e. The molecule has 1 unspecified atom stereocenters. The van der Waals surface area contributed by atoms with Gasteiger partial charge in [-0.05, 0) is 38.8 Å². The molecule has 2 heterocycles. The predicted octanol–water partition coefficient (Wildman–Crippen LogP) is 2.35. The maximum atomic E-state index is 12.5. The fraction of sp³-hybridized carbons (Fsp3) is 0.500. The first-order valence-corrected chi connectivity index (χ1v) is 8.79. The van der Waals surface area contributed by atoms with E-state index in [1.165, 1.54) is 6.08 Å². The normalized spacial score (nSPS) is 36.2. The number of rotatable bonds is 2. The maximum Gasteiger partial charge on any atom is 0.336 e. The van der Waals surface area contributed by atoms with Gasteiger partial charge in [-0.25, -0.2) is 9.59 Å². The van der Waals surface area contributed by atoms with Crippen molar-refractivity contribution in [1.82, 2.24) is 0 Å². The van der Waals surface area contributed by atoms with Crippen LogP contribution < -0.4 is 0 Å². The van der Waals surface area contributed by atoms with Crippen LogP contribution >= 0.6 is 0 Å². The molecule has 0 aromatic carbocycles. The van der Waals surface area contributed by atoms with E-state index < -0.39 is 36.4 Å². The van der Waals surface area contributed by atoms with Gasteiger partial charge in [0.05, 0.1) is 18.1 Å². The Balaban J connectivity index is 1.89. The summed E-state index contributed by atoms with van der Waals surface area (Å²) in [7, 11) is 0. The molecule has 3 rings (SSSR count). The van der Waals surface area contributed by atoms with Crippen LogP contribution in [0.4, 0.5) is 0 Å². The van der Waals surface area contributed by atoms with E-state index in [1.54, 1.807) is 0 Å². The maximum absolute atomic E-state index is 12.5. The molecule has 0 radical (unpaired) electrons. The summed E-state index contributed by atoms with van der Waals surface area (Å²) in [5.41, 5.74) is 2.80. The standard InChI is InChI=1S/C20H24O6/c1-11-5-4-6-12(2)8-16(18-13(3)19(22)25-15(18)7-11)26-20(23)14-9-17(21)24-10-14/h6-7,9,15-18,21H,3-5,8,10H2,1-2H3/b11-7-,12-6-/t15-,16-,17?,18+/m1/s1. The quantitative estimate of drug-likeness (QED) is 0.462. The number of hydrogen-bond donors (Lipinski definition) is 1. The van der Waals surface area contributed by atoms with Crippen LogP contribution in [0.5, 0.6) is 0 Å². The van der Waals surface area contributed by atoms with E-state index in [-0.39, 0.29) is 12.2 Å². The Bertz CT molecular complexity index is 714. The number of ether oxygens (including phenoxy) is 3. The first-order chi connectivity index (χ1) is 12.3. The second-order valence-electron chi connectivity index (χ2n) is 7.06. The highest BCUT2D eigenvalue weighted by Gasteiger charge is 2.44. The molecule has 1 fully saturated rings. The third-order valence-corrected chi connectivity index (χ3v) is 4.94. The Kier molecular flexibility index (Phi) is 5.44. The van der Waals surface area contributed by atoms with Crippen molar-refractivity contribution in [2.24, 2.45) is 5.92 Å². The van der Waals surface area contributed by atoms with Crippen LogP contribution in [0.15, 0.2) is 47.1 Å². The summed E-state index contributed by atoms with van der Waals surface area (Å²) in [6.07, 6.45) is 5.49. The van der Waals surface area contributed by atoms with Gasteiger partial charge in [-0.3, -0.25) is 0 Å². The zero-order chi connectivity index (χ0) is 18.8. The van der Waals surface area contributed by atoms with Gasteiger partial charge in [0, 0.05) is 12.0 Å². The molecular formula is C20H24O6. The van der Waals surface area contributed by atoms with Crippen LogP contribution in [-0.2, 0) is 23.8 Å². The Morgan fingerprint density at radius 1 is 1.31 bits per heavy atom. The molecule has 2 aliphatic heterocycles. The average Bonchev–Trinajstić information content (AvgIpc) is 3.11. The summed E-state index contributed by atoms with van der Waals surface area (Å²) in [6.45, 7) is 7.86. The highest BCUT2D eigenvalue weighted by molar-refractivity contribution is 5.92. The molecule has 1 saturated heterocycles. The Morgan fingerprint density at radius 3 is 2.77 bits per heavy atom. The summed E-state index contributed by atoms with van der Waals surface area (Å²) in [5.74, 6) is -1.44. The van der Waals surface area contributed by atoms with Crippen molar-refractivity contribution in [2.75, 3.05) is 6.61 Å². The van der Waals surface area contributed by atoms with Gasteiger partial charge in [-0.2, -0.15) is 0 Å². The molecule has 0 bridgehead atoms. The number of carbonyl (C=O) groups is 2. The fourth-order valence-corrected chi connectivity index (χ4v) is 3.52. The van der Waals surface area contributed by atoms with E-state index in [2.05, 4.69) is 12.7 Å². The molecule has 4 atom stereocenters. The van der Waals surface area contributed by atoms with E-state index in [1.807, 2.05) is 19.9 Å². The van der Waals surface area contributed by atoms with E-state index in [0.29, 0.717) is 12.0 Å². The Morgan fingerprint density at radius 2 is 2.08 bits per heavy atom. The van der Waals surface area contributed by atoms with E-state index in [0.717, 1.165) is 24.0 Å². The van der Waals surface area contributed by atoms with Gasteiger partial charge < -0.3 is 19.3 Å². The van der Waals surface area contributed by atoms with Gasteiger partial charge >= 0.3 is 11.9 Å². The minimum absolute atomic E-state index is 0.00498. The van der Waals surface area contributed by atoms with Crippen molar-refractivity contribution in [3.8, 4) is 0 Å². The molecule has 1 aliphatic carbocycles. The number of esters is 2. The summed E-state index contributed by atoms with van der Waals surface area (Å²) in [4.78, 5) is 24.6. The smallest absolute Gasteiger partial charge is 0.336 e. The second kappa shape index (κ2) is 7.60. The van der Waals surface area contributed by atoms with Crippen LogP contribution in [0, 0.1) is 5.92 Å². The lowest BCUT2D eigenvalue weighted by Gasteiger charge is -2.27. The highest BCUT2D eigenvalue weighted by Crippen LogP contribution is 2.36. The number of fused-ring (bicyclic) bond motifs is 1. The molecular weight excluding hydrogens is 336 g/mol. The molecule has 0 aromatic rings. The van der Waals surface area contributed by atoms with E-state index in [9.17, 15) is 14.7 Å². The first kappa shape index (κ1) is 18.6. The Hall–Kier alpha value is -2.18. The SMILES string of the molecule is C=C1C(=O)O[C@@H]2/C=C(/C)CC/C=C(/C)C[C@@H](OC(=O)C3=CC(O)OC3)[C@@H]12. The summed E-state index contributed by atoms with van der Waals surface area (Å²) in [5, 5.41) is 9.40.